The van der Waals surface area contributed by atoms with E-state index in [0.29, 0.717) is 24.6 Å². The minimum Gasteiger partial charge on any atom is -0.496 e. The number of rotatable bonds is 8. The maximum absolute atomic E-state index is 13.6. The molecule has 28 heavy (non-hydrogen) atoms. The van der Waals surface area contributed by atoms with Gasteiger partial charge in [-0.2, -0.15) is 5.90 Å². The second kappa shape index (κ2) is 8.97. The highest BCUT2D eigenvalue weighted by molar-refractivity contribution is 6.13. The van der Waals surface area contributed by atoms with E-state index in [1.807, 2.05) is 46.2 Å². The molecular formula is C22H29N3O3. The molecule has 1 aliphatic heterocycles. The standard InChI is InChI=1S/C22H29N3O3/c1-4-6-14-24-16-10-8-12-18(27-3)20(16)21-17(11-9-13-19(21)28-23)25(22(24)26)15-7-5-2/h8-13H,4-7,14-15,23H2,1-3H3. The van der Waals surface area contributed by atoms with E-state index < -0.39 is 0 Å². The van der Waals surface area contributed by atoms with Crippen LogP contribution in [0.15, 0.2) is 36.4 Å². The van der Waals surface area contributed by atoms with Crippen LogP contribution in [0.3, 0.4) is 0 Å². The number of fused-ring (bicyclic) bond motifs is 3. The number of nitrogens with zero attached hydrogens (tertiary/aromatic N) is 2. The van der Waals surface area contributed by atoms with Gasteiger partial charge in [-0.1, -0.05) is 38.8 Å². The molecule has 6 nitrogen and oxygen atoms in total. The molecule has 0 atom stereocenters. The molecule has 2 aromatic carbocycles. The van der Waals surface area contributed by atoms with E-state index in [0.717, 1.165) is 48.2 Å². The van der Waals surface area contributed by atoms with E-state index in [2.05, 4.69) is 13.8 Å². The Morgan fingerprint density at radius 1 is 0.857 bits per heavy atom. The number of carbonyl (C=O) groups excluding carboxylic acids is 1. The monoisotopic (exact) mass is 383 g/mol. The van der Waals surface area contributed by atoms with Crippen molar-refractivity contribution >= 4 is 17.4 Å². The summed E-state index contributed by atoms with van der Waals surface area (Å²) in [5.41, 5.74) is 3.25. The van der Waals surface area contributed by atoms with Gasteiger partial charge in [-0.15, -0.1) is 0 Å². The molecule has 0 aromatic heterocycles. The fourth-order valence-corrected chi connectivity index (χ4v) is 3.68. The van der Waals surface area contributed by atoms with Crippen LogP contribution in [0.5, 0.6) is 11.5 Å². The lowest BCUT2D eigenvalue weighted by Crippen LogP contribution is -2.43. The number of carbonyl (C=O) groups is 1. The van der Waals surface area contributed by atoms with Gasteiger partial charge >= 0.3 is 6.03 Å². The molecule has 2 amide bonds. The first-order valence-corrected chi connectivity index (χ1v) is 9.94. The van der Waals surface area contributed by atoms with Gasteiger partial charge in [0.1, 0.15) is 5.75 Å². The number of unbranched alkanes of at least 4 members (excludes halogenated alkanes) is 2. The Hall–Kier alpha value is -2.73. The highest BCUT2D eigenvalue weighted by Crippen LogP contribution is 2.50. The summed E-state index contributed by atoms with van der Waals surface area (Å²) in [5.74, 6) is 6.82. The van der Waals surface area contributed by atoms with E-state index in [1.54, 1.807) is 7.11 Å². The van der Waals surface area contributed by atoms with Crippen LogP contribution in [0.25, 0.3) is 11.1 Å². The van der Waals surface area contributed by atoms with Crippen molar-refractivity contribution in [2.45, 2.75) is 39.5 Å². The molecule has 3 rings (SSSR count). The van der Waals surface area contributed by atoms with Crippen LogP contribution in [0.4, 0.5) is 16.2 Å². The molecule has 0 saturated heterocycles. The van der Waals surface area contributed by atoms with Crippen molar-refractivity contribution in [1.29, 1.82) is 0 Å². The number of hydrogen-bond donors (Lipinski definition) is 1. The Kier molecular flexibility index (Phi) is 6.41. The normalized spacial score (nSPS) is 13.1. The molecule has 2 N–H and O–H groups in total. The average molecular weight is 383 g/mol. The lowest BCUT2D eigenvalue weighted by Gasteiger charge is -2.29. The number of amides is 2. The fraction of sp³-hybridized carbons (Fsp3) is 0.409. The summed E-state index contributed by atoms with van der Waals surface area (Å²) in [6.45, 7) is 5.52. The number of hydrogen-bond acceptors (Lipinski definition) is 4. The molecule has 2 aromatic rings. The maximum atomic E-state index is 13.6. The van der Waals surface area contributed by atoms with E-state index in [4.69, 9.17) is 15.5 Å². The van der Waals surface area contributed by atoms with Crippen LogP contribution >= 0.6 is 0 Å². The van der Waals surface area contributed by atoms with Crippen LogP contribution in [-0.4, -0.2) is 26.2 Å². The van der Waals surface area contributed by atoms with Gasteiger partial charge in [-0.3, -0.25) is 9.80 Å². The van der Waals surface area contributed by atoms with Crippen LogP contribution in [0.2, 0.25) is 0 Å². The molecule has 0 saturated carbocycles. The Balaban J connectivity index is 2.31. The van der Waals surface area contributed by atoms with Crippen molar-refractivity contribution in [2.75, 3.05) is 30.0 Å². The summed E-state index contributed by atoms with van der Waals surface area (Å²) < 4.78 is 5.68. The molecule has 150 valence electrons. The van der Waals surface area contributed by atoms with Crippen molar-refractivity contribution in [1.82, 2.24) is 0 Å². The third-order valence-electron chi connectivity index (χ3n) is 5.12. The zero-order chi connectivity index (χ0) is 20.1. The lowest BCUT2D eigenvalue weighted by atomic mass is 9.98. The van der Waals surface area contributed by atoms with Gasteiger partial charge in [-0.05, 0) is 37.1 Å². The molecule has 0 radical (unpaired) electrons. The van der Waals surface area contributed by atoms with Gasteiger partial charge in [0, 0.05) is 13.1 Å². The molecule has 0 fully saturated rings. The number of ether oxygens (including phenoxy) is 1. The summed E-state index contributed by atoms with van der Waals surface area (Å²) in [6.07, 6.45) is 3.83. The second-order valence-corrected chi connectivity index (χ2v) is 6.92. The Labute approximate surface area is 166 Å². The smallest absolute Gasteiger partial charge is 0.328 e. The van der Waals surface area contributed by atoms with E-state index in [1.165, 1.54) is 0 Å². The van der Waals surface area contributed by atoms with Crippen molar-refractivity contribution < 1.29 is 14.4 Å². The van der Waals surface area contributed by atoms with Crippen LogP contribution in [0, 0.1) is 0 Å². The molecule has 1 heterocycles. The van der Waals surface area contributed by atoms with E-state index in [-0.39, 0.29) is 6.03 Å². The van der Waals surface area contributed by atoms with Gasteiger partial charge in [-0.25, -0.2) is 4.79 Å². The number of urea groups is 1. The van der Waals surface area contributed by atoms with E-state index in [9.17, 15) is 4.79 Å². The van der Waals surface area contributed by atoms with Crippen molar-refractivity contribution in [3.05, 3.63) is 36.4 Å². The molecule has 0 bridgehead atoms. The first-order chi connectivity index (χ1) is 13.7. The van der Waals surface area contributed by atoms with Gasteiger partial charge in [0.05, 0.1) is 29.6 Å². The first kappa shape index (κ1) is 20.0. The summed E-state index contributed by atoms with van der Waals surface area (Å²) in [5, 5.41) is 0. The van der Waals surface area contributed by atoms with Crippen LogP contribution in [-0.2, 0) is 0 Å². The number of methoxy groups -OCH3 is 1. The molecule has 6 heteroatoms. The Bertz CT molecular complexity index is 770. The van der Waals surface area contributed by atoms with Gasteiger partial charge in [0.25, 0.3) is 0 Å². The molecule has 0 unspecified atom stereocenters. The maximum Gasteiger partial charge on any atom is 0.328 e. The quantitative estimate of drug-likeness (QED) is 0.654. The molecule has 1 aliphatic rings. The fourth-order valence-electron chi connectivity index (χ4n) is 3.68. The first-order valence-electron chi connectivity index (χ1n) is 9.94. The summed E-state index contributed by atoms with van der Waals surface area (Å²) >= 11 is 0. The largest absolute Gasteiger partial charge is 0.496 e. The highest BCUT2D eigenvalue weighted by atomic mass is 16.6. The number of anilines is 2. The summed E-state index contributed by atoms with van der Waals surface area (Å²) in [4.78, 5) is 22.5. The number of benzene rings is 2. The lowest BCUT2D eigenvalue weighted by molar-refractivity contribution is 0.251. The predicted octanol–water partition coefficient (Wildman–Crippen LogP) is 4.96. The molecule has 0 spiro atoms. The zero-order valence-corrected chi connectivity index (χ0v) is 16.9. The third-order valence-corrected chi connectivity index (χ3v) is 5.12. The minimum atomic E-state index is -0.0238. The molecular weight excluding hydrogens is 354 g/mol. The van der Waals surface area contributed by atoms with E-state index >= 15 is 0 Å². The highest BCUT2D eigenvalue weighted by Gasteiger charge is 2.34. The van der Waals surface area contributed by atoms with Crippen molar-refractivity contribution in [2.24, 2.45) is 5.90 Å². The predicted molar refractivity (Wildman–Crippen MR) is 113 cm³/mol. The minimum absolute atomic E-state index is 0.0238. The number of nitrogens with two attached hydrogens (primary N) is 1. The summed E-state index contributed by atoms with van der Waals surface area (Å²) in [6, 6.07) is 11.4. The Morgan fingerprint density at radius 2 is 1.36 bits per heavy atom. The Morgan fingerprint density at radius 3 is 1.82 bits per heavy atom. The topological polar surface area (TPSA) is 68.0 Å². The zero-order valence-electron chi connectivity index (χ0n) is 16.9. The van der Waals surface area contributed by atoms with Crippen molar-refractivity contribution in [3.63, 3.8) is 0 Å². The second-order valence-electron chi connectivity index (χ2n) is 6.92. The average Bonchev–Trinajstić information content (AvgIpc) is 2.83. The SMILES string of the molecule is CCCCN1C(=O)N(CCCC)c2cccc(ON)c2-c2c(OC)cccc21. The van der Waals surface area contributed by atoms with Gasteiger partial charge < -0.3 is 9.57 Å². The third kappa shape index (κ3) is 3.52. The van der Waals surface area contributed by atoms with Crippen molar-refractivity contribution in [3.8, 4) is 22.6 Å². The van der Waals surface area contributed by atoms with Gasteiger partial charge in [0.15, 0.2) is 5.75 Å². The van der Waals surface area contributed by atoms with Crippen LogP contribution < -0.4 is 25.3 Å². The summed E-state index contributed by atoms with van der Waals surface area (Å²) in [7, 11) is 1.64. The van der Waals surface area contributed by atoms with Gasteiger partial charge in [0.2, 0.25) is 0 Å². The molecule has 0 aliphatic carbocycles. The van der Waals surface area contributed by atoms with Crippen LogP contribution in [0.1, 0.15) is 39.5 Å².